The van der Waals surface area contributed by atoms with Crippen LogP contribution in [0, 0.1) is 0 Å². The number of hydrogen-bond acceptors (Lipinski definition) is 3. The minimum Gasteiger partial charge on any atom is -0.311 e. The maximum atomic E-state index is 6.17. The van der Waals surface area contributed by atoms with Crippen LogP contribution in [0.15, 0.2) is 23.6 Å². The van der Waals surface area contributed by atoms with Gasteiger partial charge in [-0.15, -0.1) is 11.3 Å². The van der Waals surface area contributed by atoms with Crippen molar-refractivity contribution in [1.29, 1.82) is 0 Å². The first-order chi connectivity index (χ1) is 9.19. The third-order valence-corrected chi connectivity index (χ3v) is 4.17. The quantitative estimate of drug-likeness (QED) is 0.792. The Morgan fingerprint density at radius 2 is 2.16 bits per heavy atom. The van der Waals surface area contributed by atoms with Crippen molar-refractivity contribution in [3.63, 3.8) is 0 Å². The molecule has 0 fully saturated rings. The number of halogens is 2. The van der Waals surface area contributed by atoms with Gasteiger partial charge in [-0.25, -0.2) is 4.98 Å². The maximum absolute atomic E-state index is 6.17. The largest absolute Gasteiger partial charge is 0.311 e. The van der Waals surface area contributed by atoms with Crippen LogP contribution in [0.5, 0.6) is 0 Å². The molecule has 0 amide bonds. The summed E-state index contributed by atoms with van der Waals surface area (Å²) in [5, 5.41) is 7.89. The van der Waals surface area contributed by atoms with Crippen molar-refractivity contribution in [2.45, 2.75) is 26.3 Å². The van der Waals surface area contributed by atoms with Crippen molar-refractivity contribution < 1.29 is 0 Å². The van der Waals surface area contributed by atoms with Gasteiger partial charge in [-0.05, 0) is 30.7 Å². The number of benzene rings is 1. The molecule has 1 aromatic carbocycles. The minimum absolute atomic E-state index is 0.664. The second-order valence-electron chi connectivity index (χ2n) is 4.32. The van der Waals surface area contributed by atoms with Crippen molar-refractivity contribution in [1.82, 2.24) is 10.3 Å². The van der Waals surface area contributed by atoms with Gasteiger partial charge in [0, 0.05) is 28.4 Å². The van der Waals surface area contributed by atoms with Gasteiger partial charge in [0.25, 0.3) is 0 Å². The first kappa shape index (κ1) is 14.8. The molecule has 1 N–H and O–H groups in total. The van der Waals surface area contributed by atoms with E-state index in [4.69, 9.17) is 23.2 Å². The third-order valence-electron chi connectivity index (χ3n) is 2.69. The average Bonchev–Trinajstić information content (AvgIpc) is 2.81. The molecule has 0 atom stereocenters. The monoisotopic (exact) mass is 314 g/mol. The van der Waals surface area contributed by atoms with Crippen LogP contribution in [0.4, 0.5) is 0 Å². The molecule has 0 radical (unpaired) electrons. The number of aromatic nitrogens is 1. The molecule has 2 nitrogen and oxygen atoms in total. The molecule has 0 aliphatic carbocycles. The van der Waals surface area contributed by atoms with Crippen LogP contribution in [-0.2, 0) is 13.0 Å². The Labute approximate surface area is 127 Å². The summed E-state index contributed by atoms with van der Waals surface area (Å²) in [7, 11) is 0. The van der Waals surface area contributed by atoms with Gasteiger partial charge >= 0.3 is 0 Å². The smallest absolute Gasteiger partial charge is 0.0973 e. The van der Waals surface area contributed by atoms with Crippen LogP contribution in [-0.4, -0.2) is 11.5 Å². The number of rotatable bonds is 6. The van der Waals surface area contributed by atoms with E-state index in [1.165, 1.54) is 0 Å². The highest BCUT2D eigenvalue weighted by atomic mass is 35.5. The Kier molecular flexibility index (Phi) is 5.64. The zero-order valence-electron chi connectivity index (χ0n) is 10.7. The lowest BCUT2D eigenvalue weighted by molar-refractivity contribution is 0.665. The molecular formula is C14H16Cl2N2S. The normalized spacial score (nSPS) is 10.9. The summed E-state index contributed by atoms with van der Waals surface area (Å²) in [5.41, 5.74) is 2.16. The molecule has 19 heavy (non-hydrogen) atoms. The topological polar surface area (TPSA) is 24.9 Å². The van der Waals surface area contributed by atoms with E-state index in [-0.39, 0.29) is 0 Å². The molecule has 1 aromatic heterocycles. The molecule has 102 valence electrons. The van der Waals surface area contributed by atoms with Crippen LogP contribution >= 0.6 is 34.5 Å². The van der Waals surface area contributed by atoms with Crippen LogP contribution in [0.1, 0.15) is 29.6 Å². The van der Waals surface area contributed by atoms with Crippen molar-refractivity contribution in [3.8, 4) is 0 Å². The van der Waals surface area contributed by atoms with E-state index in [0.29, 0.717) is 10.0 Å². The van der Waals surface area contributed by atoms with E-state index in [9.17, 15) is 0 Å². The van der Waals surface area contributed by atoms with E-state index >= 15 is 0 Å². The number of thiazole rings is 1. The minimum atomic E-state index is 0.664. The predicted molar refractivity (Wildman–Crippen MR) is 83.4 cm³/mol. The standard InChI is InChI=1S/C14H16Cl2N2S/c1-2-5-17-8-12-9-19-14(18-12)6-10-3-4-11(15)7-13(10)16/h3-4,7,9,17H,2,5-6,8H2,1H3. The molecule has 2 aromatic rings. The first-order valence-electron chi connectivity index (χ1n) is 6.27. The molecule has 0 bridgehead atoms. The Hall–Kier alpha value is -0.610. The summed E-state index contributed by atoms with van der Waals surface area (Å²) in [4.78, 5) is 4.61. The lowest BCUT2D eigenvalue weighted by atomic mass is 10.1. The lowest BCUT2D eigenvalue weighted by Crippen LogP contribution is -2.13. The maximum Gasteiger partial charge on any atom is 0.0973 e. The molecular weight excluding hydrogens is 299 g/mol. The molecule has 5 heteroatoms. The van der Waals surface area contributed by atoms with Gasteiger partial charge in [-0.1, -0.05) is 36.2 Å². The second kappa shape index (κ2) is 7.25. The highest BCUT2D eigenvalue weighted by Crippen LogP contribution is 2.24. The summed E-state index contributed by atoms with van der Waals surface area (Å²) < 4.78 is 0. The molecule has 2 rings (SSSR count). The number of nitrogens with one attached hydrogen (secondary N) is 1. The SMILES string of the molecule is CCCNCc1csc(Cc2ccc(Cl)cc2Cl)n1. The zero-order valence-corrected chi connectivity index (χ0v) is 13.1. The molecule has 0 aliphatic rings. The van der Waals surface area contributed by atoms with Crippen LogP contribution in [0.3, 0.4) is 0 Å². The summed E-state index contributed by atoms with van der Waals surface area (Å²) >= 11 is 13.7. The summed E-state index contributed by atoms with van der Waals surface area (Å²) in [6.45, 7) is 4.01. The lowest BCUT2D eigenvalue weighted by Gasteiger charge is -2.02. The van der Waals surface area contributed by atoms with Crippen molar-refractivity contribution in [3.05, 3.63) is 49.9 Å². The third kappa shape index (κ3) is 4.46. The molecule has 0 saturated heterocycles. The van der Waals surface area contributed by atoms with Gasteiger partial charge in [-0.3, -0.25) is 0 Å². The van der Waals surface area contributed by atoms with Gasteiger partial charge in [0.2, 0.25) is 0 Å². The summed E-state index contributed by atoms with van der Waals surface area (Å²) in [6, 6.07) is 5.59. The average molecular weight is 315 g/mol. The number of hydrogen-bond donors (Lipinski definition) is 1. The van der Waals surface area contributed by atoms with Gasteiger partial charge in [-0.2, -0.15) is 0 Å². The van der Waals surface area contributed by atoms with Gasteiger partial charge in [0.15, 0.2) is 0 Å². The predicted octanol–water partition coefficient (Wildman–Crippen LogP) is 4.54. The van der Waals surface area contributed by atoms with E-state index in [0.717, 1.165) is 42.2 Å². The molecule has 0 unspecified atom stereocenters. The number of nitrogens with zero attached hydrogens (tertiary/aromatic N) is 1. The fourth-order valence-corrected chi connectivity index (χ4v) is 3.02. The fraction of sp³-hybridized carbons (Fsp3) is 0.357. The first-order valence-corrected chi connectivity index (χ1v) is 7.90. The molecule has 0 spiro atoms. The fourth-order valence-electron chi connectivity index (χ4n) is 1.73. The highest BCUT2D eigenvalue weighted by molar-refractivity contribution is 7.09. The van der Waals surface area contributed by atoms with Crippen molar-refractivity contribution in [2.24, 2.45) is 0 Å². The van der Waals surface area contributed by atoms with Crippen LogP contribution in [0.2, 0.25) is 10.0 Å². The van der Waals surface area contributed by atoms with E-state index in [1.807, 2.05) is 12.1 Å². The van der Waals surface area contributed by atoms with Gasteiger partial charge in [0.05, 0.1) is 10.7 Å². The Bertz CT molecular complexity index is 540. The van der Waals surface area contributed by atoms with E-state index < -0.39 is 0 Å². The molecule has 0 aliphatic heterocycles. The highest BCUT2D eigenvalue weighted by Gasteiger charge is 2.06. The van der Waals surface area contributed by atoms with E-state index in [2.05, 4.69) is 22.6 Å². The molecule has 0 saturated carbocycles. The van der Waals surface area contributed by atoms with Gasteiger partial charge < -0.3 is 5.32 Å². The summed E-state index contributed by atoms with van der Waals surface area (Å²) in [5.74, 6) is 0. The Morgan fingerprint density at radius 3 is 2.89 bits per heavy atom. The Morgan fingerprint density at radius 1 is 1.32 bits per heavy atom. The summed E-state index contributed by atoms with van der Waals surface area (Å²) in [6.07, 6.45) is 1.89. The van der Waals surface area contributed by atoms with E-state index in [1.54, 1.807) is 17.4 Å². The Balaban J connectivity index is 1.99. The second-order valence-corrected chi connectivity index (χ2v) is 6.11. The van der Waals surface area contributed by atoms with Crippen LogP contribution in [0.25, 0.3) is 0 Å². The van der Waals surface area contributed by atoms with Crippen molar-refractivity contribution in [2.75, 3.05) is 6.54 Å². The van der Waals surface area contributed by atoms with Gasteiger partial charge in [0.1, 0.15) is 0 Å². The zero-order chi connectivity index (χ0) is 13.7. The molecule has 1 heterocycles. The van der Waals surface area contributed by atoms with Crippen molar-refractivity contribution >= 4 is 34.5 Å². The van der Waals surface area contributed by atoms with Crippen LogP contribution < -0.4 is 5.32 Å².